The van der Waals surface area contributed by atoms with Crippen LogP contribution in [0.15, 0.2) is 17.2 Å². The smallest absolute Gasteiger partial charge is 0.242 e. The van der Waals surface area contributed by atoms with Gasteiger partial charge in [0.1, 0.15) is 0 Å². The van der Waals surface area contributed by atoms with Gasteiger partial charge in [-0.3, -0.25) is 0 Å². The Labute approximate surface area is 128 Å². The lowest BCUT2D eigenvalue weighted by Gasteiger charge is -2.19. The summed E-state index contributed by atoms with van der Waals surface area (Å²) in [5, 5.41) is 3.07. The van der Waals surface area contributed by atoms with E-state index < -0.39 is 10.0 Å². The Hall–Kier alpha value is -0.850. The second-order valence-corrected chi connectivity index (χ2v) is 8.09. The average Bonchev–Trinajstić information content (AvgIpc) is 3.12. The van der Waals surface area contributed by atoms with Crippen molar-refractivity contribution in [2.45, 2.75) is 51.6 Å². The summed E-state index contributed by atoms with van der Waals surface area (Å²) in [7, 11) is -1.56. The van der Waals surface area contributed by atoms with Crippen LogP contribution in [0.25, 0.3) is 0 Å². The van der Waals surface area contributed by atoms with Crippen LogP contribution in [0.2, 0.25) is 0 Å². The predicted octanol–water partition coefficient (Wildman–Crippen LogP) is 1.94. The van der Waals surface area contributed by atoms with Gasteiger partial charge >= 0.3 is 0 Å². The van der Waals surface area contributed by atoms with Crippen LogP contribution < -0.4 is 10.0 Å². The minimum Gasteiger partial charge on any atom is -0.349 e. The Bertz CT molecular complexity index is 586. The maximum atomic E-state index is 12.5. The van der Waals surface area contributed by atoms with Gasteiger partial charge in [-0.05, 0) is 44.2 Å². The molecule has 1 aromatic rings. The molecule has 2 rings (SSSR count). The van der Waals surface area contributed by atoms with E-state index in [1.807, 2.05) is 18.5 Å². The number of hydrogen-bond acceptors (Lipinski definition) is 3. The molecule has 0 saturated heterocycles. The molecule has 0 spiro atoms. The van der Waals surface area contributed by atoms with E-state index in [0.717, 1.165) is 25.1 Å². The van der Waals surface area contributed by atoms with E-state index >= 15 is 0 Å². The van der Waals surface area contributed by atoms with Crippen molar-refractivity contribution in [3.05, 3.63) is 18.0 Å². The van der Waals surface area contributed by atoms with Gasteiger partial charge in [-0.15, -0.1) is 0 Å². The predicted molar refractivity (Wildman–Crippen MR) is 84.6 cm³/mol. The third-order valence-electron chi connectivity index (χ3n) is 4.70. The first-order chi connectivity index (χ1) is 9.84. The summed E-state index contributed by atoms with van der Waals surface area (Å²) >= 11 is 0. The Morgan fingerprint density at radius 3 is 2.52 bits per heavy atom. The van der Waals surface area contributed by atoms with Crippen molar-refractivity contribution < 1.29 is 8.42 Å². The van der Waals surface area contributed by atoms with E-state index in [2.05, 4.69) is 23.9 Å². The standard InChI is InChI=1S/C15H27N3O2S/c1-5-18-10-14(8-13(18)9-16-4)21(19,20)17-11-15(6-7-15)12(2)3/h8,10,12,16-17H,5-7,9,11H2,1-4H3. The second-order valence-electron chi connectivity index (χ2n) is 6.33. The van der Waals surface area contributed by atoms with Gasteiger partial charge in [0, 0.05) is 31.5 Å². The highest BCUT2D eigenvalue weighted by molar-refractivity contribution is 7.89. The minimum absolute atomic E-state index is 0.175. The fourth-order valence-electron chi connectivity index (χ4n) is 2.74. The molecule has 1 aromatic heterocycles. The summed E-state index contributed by atoms with van der Waals surface area (Å²) in [5.74, 6) is 0.514. The topological polar surface area (TPSA) is 63.1 Å². The lowest BCUT2D eigenvalue weighted by molar-refractivity contribution is 0.357. The molecule has 1 fully saturated rings. The molecular formula is C15H27N3O2S. The van der Waals surface area contributed by atoms with Gasteiger partial charge in [-0.25, -0.2) is 13.1 Å². The number of hydrogen-bond donors (Lipinski definition) is 2. The highest BCUT2D eigenvalue weighted by Crippen LogP contribution is 2.51. The van der Waals surface area contributed by atoms with Crippen molar-refractivity contribution in [3.63, 3.8) is 0 Å². The molecular weight excluding hydrogens is 286 g/mol. The van der Waals surface area contributed by atoms with E-state index in [9.17, 15) is 8.42 Å². The zero-order valence-corrected chi connectivity index (χ0v) is 14.3. The maximum Gasteiger partial charge on any atom is 0.242 e. The second kappa shape index (κ2) is 6.10. The first-order valence-corrected chi connectivity index (χ1v) is 9.16. The van der Waals surface area contributed by atoms with E-state index in [4.69, 9.17) is 0 Å². The van der Waals surface area contributed by atoms with Crippen LogP contribution in [0, 0.1) is 11.3 Å². The molecule has 0 aromatic carbocycles. The van der Waals surface area contributed by atoms with Crippen LogP contribution in [-0.2, 0) is 23.1 Å². The van der Waals surface area contributed by atoms with Crippen molar-refractivity contribution in [1.29, 1.82) is 0 Å². The number of rotatable bonds is 8. The van der Waals surface area contributed by atoms with Gasteiger partial charge in [0.2, 0.25) is 10.0 Å². The largest absolute Gasteiger partial charge is 0.349 e. The molecule has 0 atom stereocenters. The molecule has 0 bridgehead atoms. The first-order valence-electron chi connectivity index (χ1n) is 7.68. The third-order valence-corrected chi connectivity index (χ3v) is 6.07. The molecule has 0 amide bonds. The highest BCUT2D eigenvalue weighted by atomic mass is 32.2. The summed E-state index contributed by atoms with van der Waals surface area (Å²) in [6.45, 7) is 8.33. The third kappa shape index (κ3) is 3.49. The van der Waals surface area contributed by atoms with E-state index in [-0.39, 0.29) is 5.41 Å². The molecule has 5 nitrogen and oxygen atoms in total. The van der Waals surface area contributed by atoms with Crippen molar-refractivity contribution in [3.8, 4) is 0 Å². The molecule has 1 aliphatic rings. The fraction of sp³-hybridized carbons (Fsp3) is 0.733. The van der Waals surface area contributed by atoms with Crippen LogP contribution in [0.1, 0.15) is 39.3 Å². The molecule has 21 heavy (non-hydrogen) atoms. The van der Waals surface area contributed by atoms with Gasteiger partial charge in [0.15, 0.2) is 0 Å². The van der Waals surface area contributed by atoms with Crippen LogP contribution >= 0.6 is 0 Å². The fourth-order valence-corrected chi connectivity index (χ4v) is 3.94. The average molecular weight is 313 g/mol. The SMILES string of the molecule is CCn1cc(S(=O)(=O)NCC2(C(C)C)CC2)cc1CNC. The monoisotopic (exact) mass is 313 g/mol. The normalized spacial score (nSPS) is 17.4. The number of sulfonamides is 1. The Balaban J connectivity index is 2.12. The van der Waals surface area contributed by atoms with Crippen molar-refractivity contribution in [2.24, 2.45) is 11.3 Å². The van der Waals surface area contributed by atoms with Crippen LogP contribution in [0.5, 0.6) is 0 Å². The molecule has 2 N–H and O–H groups in total. The zero-order chi connectivity index (χ0) is 15.7. The van der Waals surface area contributed by atoms with Crippen LogP contribution in [0.3, 0.4) is 0 Å². The maximum absolute atomic E-state index is 12.5. The number of aryl methyl sites for hydroxylation is 1. The molecule has 0 aliphatic heterocycles. The van der Waals surface area contributed by atoms with Crippen LogP contribution in [0.4, 0.5) is 0 Å². The summed E-state index contributed by atoms with van der Waals surface area (Å²) < 4.78 is 29.7. The molecule has 1 saturated carbocycles. The summed E-state index contributed by atoms with van der Waals surface area (Å²) in [6.07, 6.45) is 3.96. The summed E-state index contributed by atoms with van der Waals surface area (Å²) in [6, 6.07) is 1.76. The van der Waals surface area contributed by atoms with Gasteiger partial charge in [-0.2, -0.15) is 0 Å². The van der Waals surface area contributed by atoms with Gasteiger partial charge in [0.25, 0.3) is 0 Å². The highest BCUT2D eigenvalue weighted by Gasteiger charge is 2.45. The van der Waals surface area contributed by atoms with E-state index in [0.29, 0.717) is 23.9 Å². The number of nitrogens with one attached hydrogen (secondary N) is 2. The molecule has 0 unspecified atom stereocenters. The molecule has 1 heterocycles. The molecule has 120 valence electrons. The summed E-state index contributed by atoms with van der Waals surface area (Å²) in [4.78, 5) is 0.370. The van der Waals surface area contributed by atoms with Crippen LogP contribution in [-0.4, -0.2) is 26.6 Å². The van der Waals surface area contributed by atoms with Gasteiger partial charge in [0.05, 0.1) is 4.90 Å². The summed E-state index contributed by atoms with van der Waals surface area (Å²) in [5.41, 5.74) is 1.17. The van der Waals surface area contributed by atoms with Gasteiger partial charge in [-0.1, -0.05) is 13.8 Å². The minimum atomic E-state index is -3.42. The molecule has 1 aliphatic carbocycles. The Morgan fingerprint density at radius 2 is 2.05 bits per heavy atom. The number of aromatic nitrogens is 1. The Kier molecular flexibility index (Phi) is 4.80. The number of nitrogens with zero attached hydrogens (tertiary/aromatic N) is 1. The van der Waals surface area contributed by atoms with Gasteiger partial charge < -0.3 is 9.88 Å². The van der Waals surface area contributed by atoms with E-state index in [1.54, 1.807) is 12.3 Å². The lowest BCUT2D eigenvalue weighted by Crippen LogP contribution is -2.32. The Morgan fingerprint density at radius 1 is 1.38 bits per heavy atom. The van der Waals surface area contributed by atoms with Crippen molar-refractivity contribution >= 4 is 10.0 Å². The quantitative estimate of drug-likeness (QED) is 0.771. The lowest BCUT2D eigenvalue weighted by atomic mass is 9.93. The molecule has 6 heteroatoms. The van der Waals surface area contributed by atoms with Crippen molar-refractivity contribution in [2.75, 3.05) is 13.6 Å². The van der Waals surface area contributed by atoms with Crippen molar-refractivity contribution in [1.82, 2.24) is 14.6 Å². The molecule has 0 radical (unpaired) electrons. The first kappa shape index (κ1) is 16.5. The van der Waals surface area contributed by atoms with E-state index in [1.165, 1.54) is 0 Å². The zero-order valence-electron chi connectivity index (χ0n) is 13.4.